The summed E-state index contributed by atoms with van der Waals surface area (Å²) in [6.07, 6.45) is 3.83. The van der Waals surface area contributed by atoms with E-state index in [1.807, 2.05) is 0 Å². The Morgan fingerprint density at radius 3 is 2.07 bits per heavy atom. The van der Waals surface area contributed by atoms with Crippen LogP contribution in [0.3, 0.4) is 0 Å². The summed E-state index contributed by atoms with van der Waals surface area (Å²) in [4.78, 5) is 8.58. The number of aliphatic hydroxyl groups is 1. The highest BCUT2D eigenvalue weighted by molar-refractivity contribution is 5.42. The van der Waals surface area contributed by atoms with E-state index in [0.29, 0.717) is 5.41 Å². The van der Waals surface area contributed by atoms with Gasteiger partial charge in [0.1, 0.15) is 0 Å². The van der Waals surface area contributed by atoms with Crippen LogP contribution in [0, 0.1) is 16.7 Å². The van der Waals surface area contributed by atoms with Crippen LogP contribution in [0.5, 0.6) is 0 Å². The summed E-state index contributed by atoms with van der Waals surface area (Å²) in [6.45, 7) is 6.90. The van der Waals surface area contributed by atoms with Gasteiger partial charge in [-0.05, 0) is 36.0 Å². The van der Waals surface area contributed by atoms with E-state index in [1.54, 1.807) is 0 Å². The predicted octanol–water partition coefficient (Wildman–Crippen LogP) is 1.29. The third kappa shape index (κ3) is 1.34. The Morgan fingerprint density at radius 2 is 1.93 bits per heavy atom. The summed E-state index contributed by atoms with van der Waals surface area (Å²) in [7, 11) is 0. The van der Waals surface area contributed by atoms with Crippen molar-refractivity contribution < 1.29 is 9.90 Å². The molecule has 0 aromatic heterocycles. The highest BCUT2D eigenvalue weighted by Crippen LogP contribution is 2.65. The lowest BCUT2D eigenvalue weighted by Gasteiger charge is -2.36. The molecule has 3 nitrogen and oxygen atoms in total. The van der Waals surface area contributed by atoms with Crippen molar-refractivity contribution in [1.82, 2.24) is 0 Å². The zero-order chi connectivity index (χ0) is 11.0. The molecule has 3 heteroatoms. The number of hydrogen-bond acceptors (Lipinski definition) is 2. The van der Waals surface area contributed by atoms with E-state index in [4.69, 9.17) is 4.79 Å². The van der Waals surface area contributed by atoms with Crippen LogP contribution in [-0.2, 0) is 4.79 Å². The fourth-order valence-corrected chi connectivity index (χ4v) is 3.16. The SMILES string of the molecule is CC1(C)[C@@H]2CC[C@]1(C)[C@@H](O)C2.NC=O. The summed E-state index contributed by atoms with van der Waals surface area (Å²) >= 11 is 0. The predicted molar refractivity (Wildman–Crippen MR) is 55.5 cm³/mol. The maximum atomic E-state index is 9.81. The van der Waals surface area contributed by atoms with Crippen molar-refractivity contribution in [2.24, 2.45) is 22.5 Å². The molecule has 3 N–H and O–H groups in total. The minimum atomic E-state index is -0.0313. The summed E-state index contributed by atoms with van der Waals surface area (Å²) in [6, 6.07) is 0. The number of primary amides is 1. The molecule has 2 aliphatic carbocycles. The van der Waals surface area contributed by atoms with Crippen molar-refractivity contribution in [3.63, 3.8) is 0 Å². The van der Waals surface area contributed by atoms with Gasteiger partial charge in [0.05, 0.1) is 6.10 Å². The van der Waals surface area contributed by atoms with Crippen LogP contribution in [0.25, 0.3) is 0 Å². The topological polar surface area (TPSA) is 63.3 Å². The van der Waals surface area contributed by atoms with Gasteiger partial charge in [0.15, 0.2) is 0 Å². The zero-order valence-electron chi connectivity index (χ0n) is 9.29. The van der Waals surface area contributed by atoms with Crippen LogP contribution >= 0.6 is 0 Å². The summed E-state index contributed by atoms with van der Waals surface area (Å²) in [5.74, 6) is 0.780. The minimum Gasteiger partial charge on any atom is -0.393 e. The second kappa shape index (κ2) is 3.54. The number of aliphatic hydroxyl groups excluding tert-OH is 1. The van der Waals surface area contributed by atoms with E-state index in [0.717, 1.165) is 12.3 Å². The van der Waals surface area contributed by atoms with Crippen molar-refractivity contribution >= 4 is 6.41 Å². The molecule has 0 unspecified atom stereocenters. The molecule has 0 aliphatic heterocycles. The first kappa shape index (κ1) is 11.5. The number of rotatable bonds is 0. The van der Waals surface area contributed by atoms with E-state index in [2.05, 4.69) is 26.5 Å². The number of fused-ring (bicyclic) bond motifs is 2. The van der Waals surface area contributed by atoms with Crippen LogP contribution in [-0.4, -0.2) is 17.6 Å². The number of hydrogen-bond donors (Lipinski definition) is 2. The smallest absolute Gasteiger partial charge is 0.204 e. The van der Waals surface area contributed by atoms with Crippen molar-refractivity contribution in [3.05, 3.63) is 0 Å². The van der Waals surface area contributed by atoms with Crippen molar-refractivity contribution in [2.45, 2.75) is 46.1 Å². The molecule has 14 heavy (non-hydrogen) atoms. The van der Waals surface area contributed by atoms with Gasteiger partial charge in [0, 0.05) is 0 Å². The molecule has 2 saturated carbocycles. The Labute approximate surface area is 85.7 Å². The van der Waals surface area contributed by atoms with Gasteiger partial charge in [0.2, 0.25) is 6.41 Å². The minimum absolute atomic E-state index is 0.0313. The average Bonchev–Trinajstić information content (AvgIpc) is 2.38. The largest absolute Gasteiger partial charge is 0.393 e. The van der Waals surface area contributed by atoms with Gasteiger partial charge >= 0.3 is 0 Å². The molecule has 0 aromatic rings. The van der Waals surface area contributed by atoms with Gasteiger partial charge < -0.3 is 10.8 Å². The molecular weight excluding hydrogens is 178 g/mol. The van der Waals surface area contributed by atoms with Crippen LogP contribution in [0.2, 0.25) is 0 Å². The van der Waals surface area contributed by atoms with E-state index < -0.39 is 0 Å². The van der Waals surface area contributed by atoms with Crippen molar-refractivity contribution in [2.75, 3.05) is 0 Å². The van der Waals surface area contributed by atoms with Gasteiger partial charge in [-0.1, -0.05) is 20.8 Å². The van der Waals surface area contributed by atoms with Gasteiger partial charge in [-0.3, -0.25) is 4.79 Å². The monoisotopic (exact) mass is 199 g/mol. The van der Waals surface area contributed by atoms with Crippen molar-refractivity contribution in [3.8, 4) is 0 Å². The van der Waals surface area contributed by atoms with Crippen LogP contribution in [0.4, 0.5) is 0 Å². The van der Waals surface area contributed by atoms with Gasteiger partial charge in [0.25, 0.3) is 0 Å². The normalized spacial score (nSPS) is 42.9. The maximum absolute atomic E-state index is 9.81. The third-order valence-corrected chi connectivity index (χ3v) is 4.75. The lowest BCUT2D eigenvalue weighted by molar-refractivity contribution is -0.106. The zero-order valence-corrected chi connectivity index (χ0v) is 9.29. The van der Waals surface area contributed by atoms with Crippen LogP contribution in [0.1, 0.15) is 40.0 Å². The molecule has 0 aromatic carbocycles. The molecular formula is C11H21NO2. The molecule has 2 fully saturated rings. The van der Waals surface area contributed by atoms with E-state index in [9.17, 15) is 5.11 Å². The summed E-state index contributed by atoms with van der Waals surface area (Å²) < 4.78 is 0. The molecule has 0 saturated heterocycles. The molecule has 3 atom stereocenters. The Balaban J connectivity index is 0.000000293. The van der Waals surface area contributed by atoms with Gasteiger partial charge in [-0.2, -0.15) is 0 Å². The first-order chi connectivity index (χ1) is 6.40. The first-order valence-electron chi connectivity index (χ1n) is 5.23. The lowest BCUT2D eigenvalue weighted by Crippen LogP contribution is -2.35. The molecule has 82 valence electrons. The molecule has 2 bridgehead atoms. The lowest BCUT2D eigenvalue weighted by atomic mass is 9.70. The van der Waals surface area contributed by atoms with Crippen molar-refractivity contribution in [1.29, 1.82) is 0 Å². The molecule has 1 amide bonds. The Hall–Kier alpha value is -0.570. The molecule has 0 heterocycles. The quantitative estimate of drug-likeness (QED) is 0.577. The fraction of sp³-hybridized carbons (Fsp3) is 0.909. The number of amides is 1. The second-order valence-corrected chi connectivity index (χ2v) is 5.26. The highest BCUT2D eigenvalue weighted by atomic mass is 16.3. The van der Waals surface area contributed by atoms with Gasteiger partial charge in [-0.25, -0.2) is 0 Å². The molecule has 2 rings (SSSR count). The maximum Gasteiger partial charge on any atom is 0.204 e. The van der Waals surface area contributed by atoms with Crippen LogP contribution in [0.15, 0.2) is 0 Å². The Kier molecular flexibility index (Phi) is 2.91. The Morgan fingerprint density at radius 1 is 1.43 bits per heavy atom. The van der Waals surface area contributed by atoms with E-state index >= 15 is 0 Å². The number of nitrogens with two attached hydrogens (primary N) is 1. The highest BCUT2D eigenvalue weighted by Gasteiger charge is 2.60. The Bertz CT molecular complexity index is 227. The summed E-state index contributed by atoms with van der Waals surface area (Å²) in [5, 5.41) is 9.81. The first-order valence-corrected chi connectivity index (χ1v) is 5.23. The molecule has 0 spiro atoms. The molecule has 2 aliphatic rings. The van der Waals surface area contributed by atoms with E-state index in [1.165, 1.54) is 12.8 Å². The standard InChI is InChI=1S/C10H18O.CH3NO/c1-9(2)7-4-5-10(9,3)8(11)6-7;2-1-3/h7-8,11H,4-6H2,1-3H3;1H,(H2,2,3)/t7-,8+,10-;/m1./s1. The molecule has 0 radical (unpaired) electrons. The van der Waals surface area contributed by atoms with Gasteiger partial charge in [-0.15, -0.1) is 0 Å². The second-order valence-electron chi connectivity index (χ2n) is 5.26. The van der Waals surface area contributed by atoms with Crippen LogP contribution < -0.4 is 5.73 Å². The van der Waals surface area contributed by atoms with E-state index in [-0.39, 0.29) is 17.9 Å². The fourth-order valence-electron chi connectivity index (χ4n) is 3.16. The number of carbonyl (C=O) groups excluding carboxylic acids is 1. The summed E-state index contributed by atoms with van der Waals surface area (Å²) in [5.41, 5.74) is 4.77. The average molecular weight is 199 g/mol. The third-order valence-electron chi connectivity index (χ3n) is 4.75. The number of carbonyl (C=O) groups is 1.